The number of carbonyl (C=O) groups excluding carboxylic acids is 1. The largest absolute Gasteiger partial charge is 0.497 e. The summed E-state index contributed by atoms with van der Waals surface area (Å²) in [6, 6.07) is 5.73. The molecule has 0 atom stereocenters. The number of fused-ring (bicyclic) bond motifs is 1. The first kappa shape index (κ1) is 11.3. The molecule has 0 aromatic heterocycles. The van der Waals surface area contributed by atoms with Gasteiger partial charge in [0.1, 0.15) is 5.75 Å². The molecule has 0 spiro atoms. The minimum atomic E-state index is -0.0354. The maximum Gasteiger partial charge on any atom is 0.240 e. The van der Waals surface area contributed by atoms with Gasteiger partial charge >= 0.3 is 0 Å². The van der Waals surface area contributed by atoms with Crippen LogP contribution in [0.15, 0.2) is 23.1 Å². The van der Waals surface area contributed by atoms with Gasteiger partial charge in [0.15, 0.2) is 0 Å². The Morgan fingerprint density at radius 3 is 3.12 bits per heavy atom. The fourth-order valence-electron chi connectivity index (χ4n) is 1.70. The van der Waals surface area contributed by atoms with Gasteiger partial charge in [0, 0.05) is 17.2 Å². The number of hydrogen-bond acceptors (Lipinski definition) is 4. The van der Waals surface area contributed by atoms with Crippen molar-refractivity contribution in [2.75, 3.05) is 30.9 Å². The van der Waals surface area contributed by atoms with E-state index >= 15 is 0 Å². The van der Waals surface area contributed by atoms with Crippen LogP contribution in [0.5, 0.6) is 5.75 Å². The smallest absolute Gasteiger partial charge is 0.240 e. The number of amides is 1. The highest BCUT2D eigenvalue weighted by Crippen LogP contribution is 2.37. The molecule has 2 N–H and O–H groups in total. The van der Waals surface area contributed by atoms with Crippen molar-refractivity contribution in [2.24, 2.45) is 5.73 Å². The molecule has 0 aliphatic carbocycles. The normalized spacial score (nSPS) is 14.5. The van der Waals surface area contributed by atoms with E-state index in [1.54, 1.807) is 23.8 Å². The van der Waals surface area contributed by atoms with Crippen molar-refractivity contribution in [1.29, 1.82) is 0 Å². The summed E-state index contributed by atoms with van der Waals surface area (Å²) in [5.74, 6) is 1.67. The van der Waals surface area contributed by atoms with E-state index in [0.717, 1.165) is 28.6 Å². The molecule has 1 amide bonds. The van der Waals surface area contributed by atoms with E-state index < -0.39 is 0 Å². The third kappa shape index (κ3) is 2.01. The average Bonchev–Trinajstić information content (AvgIpc) is 2.36. The number of nitrogens with two attached hydrogens (primary N) is 1. The number of rotatable bonds is 2. The lowest BCUT2D eigenvalue weighted by molar-refractivity contribution is -0.117. The first-order chi connectivity index (χ1) is 7.76. The lowest BCUT2D eigenvalue weighted by atomic mass is 10.2. The molecule has 16 heavy (non-hydrogen) atoms. The summed E-state index contributed by atoms with van der Waals surface area (Å²) in [7, 11) is 1.64. The van der Waals surface area contributed by atoms with Gasteiger partial charge in [-0.15, -0.1) is 11.8 Å². The number of benzene rings is 1. The lowest BCUT2D eigenvalue weighted by Crippen LogP contribution is -2.39. The van der Waals surface area contributed by atoms with Crippen molar-refractivity contribution < 1.29 is 9.53 Å². The highest BCUT2D eigenvalue weighted by atomic mass is 32.2. The van der Waals surface area contributed by atoms with E-state index in [0.29, 0.717) is 0 Å². The molecular formula is C11H14N2O2S. The molecule has 1 aromatic carbocycles. The third-order valence-corrected chi connectivity index (χ3v) is 3.53. The second-order valence-electron chi connectivity index (χ2n) is 3.43. The van der Waals surface area contributed by atoms with Gasteiger partial charge in [-0.05, 0) is 18.2 Å². The van der Waals surface area contributed by atoms with Gasteiger partial charge in [-0.3, -0.25) is 4.79 Å². The molecule has 0 unspecified atom stereocenters. The van der Waals surface area contributed by atoms with Crippen molar-refractivity contribution in [3.05, 3.63) is 18.2 Å². The molecule has 1 aliphatic heterocycles. The second kappa shape index (κ2) is 4.76. The van der Waals surface area contributed by atoms with Crippen LogP contribution in [0, 0.1) is 0 Å². The minimum absolute atomic E-state index is 0.0354. The standard InChI is InChI=1S/C11H14N2O2S/c1-15-8-2-3-9-10(6-8)16-5-4-13(9)11(14)7-12/h2-3,6H,4-5,7,12H2,1H3. The van der Waals surface area contributed by atoms with E-state index in [9.17, 15) is 4.79 Å². The van der Waals surface area contributed by atoms with E-state index in [2.05, 4.69) is 0 Å². The van der Waals surface area contributed by atoms with E-state index in [4.69, 9.17) is 10.5 Å². The second-order valence-corrected chi connectivity index (χ2v) is 4.57. The fraction of sp³-hybridized carbons (Fsp3) is 0.364. The van der Waals surface area contributed by atoms with E-state index in [1.807, 2.05) is 18.2 Å². The van der Waals surface area contributed by atoms with Gasteiger partial charge in [-0.1, -0.05) is 0 Å². The van der Waals surface area contributed by atoms with Crippen molar-refractivity contribution in [3.8, 4) is 5.75 Å². The number of nitrogens with zero attached hydrogens (tertiary/aromatic N) is 1. The Morgan fingerprint density at radius 2 is 2.44 bits per heavy atom. The fourth-order valence-corrected chi connectivity index (χ4v) is 2.72. The molecular weight excluding hydrogens is 224 g/mol. The molecule has 0 bridgehead atoms. The first-order valence-corrected chi connectivity index (χ1v) is 6.06. The molecule has 4 nitrogen and oxygen atoms in total. The third-order valence-electron chi connectivity index (χ3n) is 2.51. The Morgan fingerprint density at radius 1 is 1.62 bits per heavy atom. The molecule has 1 heterocycles. The topological polar surface area (TPSA) is 55.6 Å². The monoisotopic (exact) mass is 238 g/mol. The highest BCUT2D eigenvalue weighted by Gasteiger charge is 2.22. The maximum atomic E-state index is 11.6. The van der Waals surface area contributed by atoms with Crippen LogP contribution >= 0.6 is 11.8 Å². The number of carbonyl (C=O) groups is 1. The van der Waals surface area contributed by atoms with Crippen molar-refractivity contribution in [1.82, 2.24) is 0 Å². The molecule has 0 radical (unpaired) electrons. The number of thioether (sulfide) groups is 1. The molecule has 5 heteroatoms. The molecule has 0 saturated carbocycles. The predicted octanol–water partition coefficient (Wildman–Crippen LogP) is 1.09. The van der Waals surface area contributed by atoms with E-state index in [1.165, 1.54) is 0 Å². The maximum absolute atomic E-state index is 11.6. The van der Waals surface area contributed by atoms with Crippen LogP contribution in [0.1, 0.15) is 0 Å². The molecule has 0 saturated heterocycles. The average molecular weight is 238 g/mol. The van der Waals surface area contributed by atoms with Crippen molar-refractivity contribution in [3.63, 3.8) is 0 Å². The lowest BCUT2D eigenvalue weighted by Gasteiger charge is -2.28. The molecule has 1 aromatic rings. The quantitative estimate of drug-likeness (QED) is 0.838. The summed E-state index contributed by atoms with van der Waals surface area (Å²) >= 11 is 1.74. The Labute approximate surface area is 98.7 Å². The first-order valence-electron chi connectivity index (χ1n) is 5.07. The number of hydrogen-bond donors (Lipinski definition) is 1. The zero-order valence-corrected chi connectivity index (χ0v) is 9.92. The van der Waals surface area contributed by atoms with Crippen LogP contribution < -0.4 is 15.4 Å². The summed E-state index contributed by atoms with van der Waals surface area (Å²) in [6.07, 6.45) is 0. The Balaban J connectivity index is 2.36. The van der Waals surface area contributed by atoms with Crippen molar-refractivity contribution in [2.45, 2.75) is 4.90 Å². The van der Waals surface area contributed by atoms with Crippen molar-refractivity contribution >= 4 is 23.4 Å². The number of ether oxygens (including phenoxy) is 1. The summed E-state index contributed by atoms with van der Waals surface area (Å²) in [5.41, 5.74) is 6.33. The molecule has 0 fully saturated rings. The summed E-state index contributed by atoms with van der Waals surface area (Å²) in [4.78, 5) is 14.5. The zero-order valence-electron chi connectivity index (χ0n) is 9.10. The van der Waals surface area contributed by atoms with Gasteiger partial charge in [0.2, 0.25) is 5.91 Å². The van der Waals surface area contributed by atoms with Gasteiger partial charge < -0.3 is 15.4 Å². The zero-order chi connectivity index (χ0) is 11.5. The Hall–Kier alpha value is -1.20. The minimum Gasteiger partial charge on any atom is -0.497 e. The molecule has 86 valence electrons. The number of methoxy groups -OCH3 is 1. The van der Waals surface area contributed by atoms with Crippen LogP contribution in [0.25, 0.3) is 0 Å². The van der Waals surface area contributed by atoms with Gasteiger partial charge in [0.05, 0.1) is 19.3 Å². The van der Waals surface area contributed by atoms with Crippen LogP contribution in [0.2, 0.25) is 0 Å². The van der Waals surface area contributed by atoms with Crippen LogP contribution in [0.3, 0.4) is 0 Å². The Bertz CT molecular complexity index is 409. The summed E-state index contributed by atoms with van der Waals surface area (Å²) < 4.78 is 5.16. The van der Waals surface area contributed by atoms with Gasteiger partial charge in [0.25, 0.3) is 0 Å². The highest BCUT2D eigenvalue weighted by molar-refractivity contribution is 7.99. The van der Waals surface area contributed by atoms with E-state index in [-0.39, 0.29) is 12.5 Å². The SMILES string of the molecule is COc1ccc2c(c1)SCCN2C(=O)CN. The predicted molar refractivity (Wildman–Crippen MR) is 65.1 cm³/mol. The van der Waals surface area contributed by atoms with Gasteiger partial charge in [-0.2, -0.15) is 0 Å². The summed E-state index contributed by atoms with van der Waals surface area (Å²) in [6.45, 7) is 0.774. The van der Waals surface area contributed by atoms with Gasteiger partial charge in [-0.25, -0.2) is 0 Å². The summed E-state index contributed by atoms with van der Waals surface area (Å²) in [5, 5.41) is 0. The van der Waals surface area contributed by atoms with Crippen LogP contribution in [-0.2, 0) is 4.79 Å². The molecule has 1 aliphatic rings. The van der Waals surface area contributed by atoms with Crippen LogP contribution in [-0.4, -0.2) is 31.9 Å². The number of anilines is 1. The molecule has 2 rings (SSSR count). The van der Waals surface area contributed by atoms with Crippen LogP contribution in [0.4, 0.5) is 5.69 Å². The Kier molecular flexibility index (Phi) is 3.36.